The lowest BCUT2D eigenvalue weighted by atomic mass is 10.2. The molecule has 0 bridgehead atoms. The van der Waals surface area contributed by atoms with Crippen molar-refractivity contribution in [1.82, 2.24) is 9.97 Å². The molecule has 0 amide bonds. The van der Waals surface area contributed by atoms with E-state index in [0.717, 1.165) is 29.0 Å². The Morgan fingerprint density at radius 1 is 0.964 bits per heavy atom. The average molecular weight is 406 g/mol. The van der Waals surface area contributed by atoms with E-state index in [1.165, 1.54) is 7.11 Å². The molecule has 0 radical (unpaired) electrons. The molecule has 1 heterocycles. The first-order valence-corrected chi connectivity index (χ1v) is 9.28. The van der Waals surface area contributed by atoms with Crippen LogP contribution in [0.2, 0.25) is 0 Å². The maximum absolute atomic E-state index is 13.2. The van der Waals surface area contributed by atoms with Gasteiger partial charge in [0.25, 0.3) is 0 Å². The number of hydrogen-bond acceptors (Lipinski definition) is 5. The number of rotatable bonds is 6. The molecule has 0 unspecified atom stereocenters. The predicted octanol–water partition coefficient (Wildman–Crippen LogP) is 5.90. The number of thioether (sulfide) groups is 1. The monoisotopic (exact) mass is 406 g/mol. The van der Waals surface area contributed by atoms with Crippen LogP contribution in [0.4, 0.5) is 13.2 Å². The summed E-state index contributed by atoms with van der Waals surface area (Å²) in [7, 11) is 1.52. The Bertz CT molecular complexity index is 947. The number of halogens is 3. The van der Waals surface area contributed by atoms with Gasteiger partial charge in [-0.15, -0.1) is 0 Å². The molecule has 0 fully saturated rings. The number of aromatic nitrogens is 2. The van der Waals surface area contributed by atoms with Gasteiger partial charge in [0.1, 0.15) is 11.5 Å². The summed E-state index contributed by atoms with van der Waals surface area (Å²) in [5, 5.41) is -0.000146. The van der Waals surface area contributed by atoms with Crippen LogP contribution in [0.25, 0.3) is 0 Å². The number of ether oxygens (including phenoxy) is 2. The number of alkyl halides is 3. The second-order valence-corrected chi connectivity index (χ2v) is 6.87. The van der Waals surface area contributed by atoms with Gasteiger partial charge in [0.05, 0.1) is 7.11 Å². The van der Waals surface area contributed by atoms with Crippen molar-refractivity contribution in [3.8, 4) is 17.4 Å². The molecule has 8 heteroatoms. The minimum atomic E-state index is -4.60. The third kappa shape index (κ3) is 5.39. The van der Waals surface area contributed by atoms with Gasteiger partial charge in [-0.2, -0.15) is 18.2 Å². The molecule has 0 aliphatic heterocycles. The van der Waals surface area contributed by atoms with Crippen LogP contribution in [-0.2, 0) is 11.9 Å². The summed E-state index contributed by atoms with van der Waals surface area (Å²) in [5.74, 6) is 1.24. The lowest BCUT2D eigenvalue weighted by Crippen LogP contribution is -2.10. The molecule has 0 spiro atoms. The minimum Gasteiger partial charge on any atom is -0.497 e. The molecular weight excluding hydrogens is 389 g/mol. The van der Waals surface area contributed by atoms with Crippen LogP contribution >= 0.6 is 11.8 Å². The van der Waals surface area contributed by atoms with Crippen molar-refractivity contribution < 1.29 is 22.6 Å². The van der Waals surface area contributed by atoms with E-state index in [4.69, 9.17) is 9.47 Å². The van der Waals surface area contributed by atoms with Gasteiger partial charge in [-0.3, -0.25) is 0 Å². The Morgan fingerprint density at radius 2 is 1.68 bits per heavy atom. The molecule has 2 aromatic carbocycles. The first kappa shape index (κ1) is 20.0. The molecular formula is C20H17F3N2O2S. The van der Waals surface area contributed by atoms with E-state index < -0.39 is 11.9 Å². The first-order chi connectivity index (χ1) is 13.3. The van der Waals surface area contributed by atoms with Crippen LogP contribution in [0.5, 0.6) is 17.4 Å². The van der Waals surface area contributed by atoms with E-state index in [1.54, 1.807) is 24.3 Å². The third-order valence-electron chi connectivity index (χ3n) is 3.70. The number of aryl methyl sites for hydroxylation is 1. The van der Waals surface area contributed by atoms with Crippen LogP contribution in [0.1, 0.15) is 16.8 Å². The van der Waals surface area contributed by atoms with Gasteiger partial charge in [-0.1, -0.05) is 41.6 Å². The van der Waals surface area contributed by atoms with Crippen molar-refractivity contribution in [2.45, 2.75) is 24.0 Å². The van der Waals surface area contributed by atoms with Crippen molar-refractivity contribution in [3.63, 3.8) is 0 Å². The Labute approximate surface area is 164 Å². The molecule has 0 atom stereocenters. The van der Waals surface area contributed by atoms with Crippen LogP contribution in [0, 0.1) is 6.92 Å². The number of methoxy groups -OCH3 is 1. The molecule has 0 aliphatic rings. The van der Waals surface area contributed by atoms with Gasteiger partial charge in [-0.05, 0) is 36.8 Å². The zero-order valence-corrected chi connectivity index (χ0v) is 16.0. The van der Waals surface area contributed by atoms with Crippen LogP contribution in [-0.4, -0.2) is 17.1 Å². The molecule has 0 aliphatic carbocycles. The quantitative estimate of drug-likeness (QED) is 0.377. The van der Waals surface area contributed by atoms with Crippen molar-refractivity contribution in [2.24, 2.45) is 0 Å². The first-order valence-electron chi connectivity index (χ1n) is 8.30. The number of benzene rings is 2. The predicted molar refractivity (Wildman–Crippen MR) is 101 cm³/mol. The second-order valence-electron chi connectivity index (χ2n) is 5.93. The van der Waals surface area contributed by atoms with Gasteiger partial charge in [0.15, 0.2) is 10.9 Å². The van der Waals surface area contributed by atoms with E-state index in [9.17, 15) is 13.2 Å². The van der Waals surface area contributed by atoms with E-state index in [2.05, 4.69) is 9.97 Å². The smallest absolute Gasteiger partial charge is 0.433 e. The molecule has 3 aromatic rings. The van der Waals surface area contributed by atoms with Crippen molar-refractivity contribution in [3.05, 3.63) is 71.4 Å². The Balaban J connectivity index is 1.83. The summed E-state index contributed by atoms with van der Waals surface area (Å²) in [6, 6.07) is 15.0. The molecule has 0 saturated carbocycles. The Morgan fingerprint density at radius 3 is 2.32 bits per heavy atom. The van der Waals surface area contributed by atoms with Gasteiger partial charge >= 0.3 is 6.18 Å². The minimum absolute atomic E-state index is 0.000146. The largest absolute Gasteiger partial charge is 0.497 e. The summed E-state index contributed by atoms with van der Waals surface area (Å²) in [6.45, 7) is 1.95. The van der Waals surface area contributed by atoms with Crippen molar-refractivity contribution in [2.75, 3.05) is 7.11 Å². The molecule has 28 heavy (non-hydrogen) atoms. The Kier molecular flexibility index (Phi) is 6.08. The van der Waals surface area contributed by atoms with E-state index in [1.807, 2.05) is 31.2 Å². The van der Waals surface area contributed by atoms with Crippen LogP contribution in [0.3, 0.4) is 0 Å². The fraction of sp³-hybridized carbons (Fsp3) is 0.200. The van der Waals surface area contributed by atoms with Gasteiger partial charge in [-0.25, -0.2) is 4.98 Å². The maximum atomic E-state index is 13.2. The molecule has 0 saturated heterocycles. The maximum Gasteiger partial charge on any atom is 0.433 e. The second kappa shape index (κ2) is 8.52. The molecule has 0 N–H and O–H groups in total. The van der Waals surface area contributed by atoms with Crippen molar-refractivity contribution >= 4 is 11.8 Å². The number of nitrogens with zero attached hydrogens (tertiary/aromatic N) is 2. The Hall–Kier alpha value is -2.74. The van der Waals surface area contributed by atoms with Gasteiger partial charge < -0.3 is 9.47 Å². The lowest BCUT2D eigenvalue weighted by molar-refractivity contribution is -0.141. The fourth-order valence-electron chi connectivity index (χ4n) is 2.38. The molecule has 146 valence electrons. The lowest BCUT2D eigenvalue weighted by Gasteiger charge is -2.11. The van der Waals surface area contributed by atoms with Gasteiger partial charge in [0, 0.05) is 11.8 Å². The molecule has 4 nitrogen and oxygen atoms in total. The zero-order valence-electron chi connectivity index (χ0n) is 15.2. The van der Waals surface area contributed by atoms with Crippen LogP contribution in [0.15, 0.2) is 59.8 Å². The zero-order chi connectivity index (χ0) is 20.1. The highest BCUT2D eigenvalue weighted by atomic mass is 32.2. The summed E-state index contributed by atoms with van der Waals surface area (Å²) in [6.07, 6.45) is -4.60. The summed E-state index contributed by atoms with van der Waals surface area (Å²) < 4.78 is 50.2. The topological polar surface area (TPSA) is 44.2 Å². The third-order valence-corrected chi connectivity index (χ3v) is 4.62. The van der Waals surface area contributed by atoms with Crippen LogP contribution < -0.4 is 9.47 Å². The molecule has 3 rings (SSSR count). The van der Waals surface area contributed by atoms with Gasteiger partial charge in [0.2, 0.25) is 5.88 Å². The highest BCUT2D eigenvalue weighted by Crippen LogP contribution is 2.33. The summed E-state index contributed by atoms with van der Waals surface area (Å²) >= 11 is 1.12. The highest BCUT2D eigenvalue weighted by Gasteiger charge is 2.34. The summed E-state index contributed by atoms with van der Waals surface area (Å²) in [5.41, 5.74) is 1.01. The normalized spacial score (nSPS) is 11.3. The van der Waals surface area contributed by atoms with Crippen molar-refractivity contribution in [1.29, 1.82) is 0 Å². The number of hydrogen-bond donors (Lipinski definition) is 0. The van der Waals surface area contributed by atoms with E-state index in [-0.39, 0.29) is 11.0 Å². The van der Waals surface area contributed by atoms with E-state index in [0.29, 0.717) is 17.3 Å². The SMILES string of the molecule is COc1ccc(Oc2cc(C(F)(F)F)nc(SCc3cccc(C)c3)n2)cc1. The van der Waals surface area contributed by atoms with E-state index >= 15 is 0 Å². The summed E-state index contributed by atoms with van der Waals surface area (Å²) in [4.78, 5) is 7.76. The standard InChI is InChI=1S/C20H17F3N2O2S/c1-13-4-3-5-14(10-13)12-28-19-24-17(20(21,22)23)11-18(25-19)27-16-8-6-15(26-2)7-9-16/h3-11H,12H2,1-2H3. The average Bonchev–Trinajstić information content (AvgIpc) is 2.66. The highest BCUT2D eigenvalue weighted by molar-refractivity contribution is 7.98. The molecule has 1 aromatic heterocycles. The fourth-order valence-corrected chi connectivity index (χ4v) is 3.17.